The van der Waals surface area contributed by atoms with E-state index in [1.165, 1.54) is 12.8 Å². The summed E-state index contributed by atoms with van der Waals surface area (Å²) in [5, 5.41) is 1.08. The summed E-state index contributed by atoms with van der Waals surface area (Å²) in [4.78, 5) is 0. The summed E-state index contributed by atoms with van der Waals surface area (Å²) in [5.41, 5.74) is 0. The summed E-state index contributed by atoms with van der Waals surface area (Å²) in [5.74, 6) is 0. The third kappa shape index (κ3) is 1.46. The van der Waals surface area contributed by atoms with Crippen LogP contribution < -0.4 is 0 Å². The normalized spacial score (nSPS) is 35.2. The van der Waals surface area contributed by atoms with Crippen molar-refractivity contribution in [3.8, 4) is 0 Å². The van der Waals surface area contributed by atoms with Gasteiger partial charge in [0.2, 0.25) is 0 Å². The van der Waals surface area contributed by atoms with E-state index in [1.54, 1.807) is 0 Å². The van der Waals surface area contributed by atoms with Crippen molar-refractivity contribution in [3.63, 3.8) is 0 Å². The van der Waals surface area contributed by atoms with Crippen LogP contribution in [0.15, 0.2) is 0 Å². The lowest BCUT2D eigenvalue weighted by Crippen LogP contribution is -1.91. The van der Waals surface area contributed by atoms with Gasteiger partial charge in [-0.25, -0.2) is 0 Å². The average Bonchev–Trinajstić information content (AvgIpc) is 2.48. The van der Waals surface area contributed by atoms with E-state index in [0.717, 1.165) is 5.33 Å². The highest BCUT2D eigenvalue weighted by Gasteiger charge is 2.35. The lowest BCUT2D eigenvalue weighted by molar-refractivity contribution is 0.364. The van der Waals surface area contributed by atoms with E-state index in [0.29, 0.717) is 12.2 Å². The maximum Gasteiger partial charge on any atom is 0.0849 e. The van der Waals surface area contributed by atoms with E-state index in [9.17, 15) is 0 Å². The summed E-state index contributed by atoms with van der Waals surface area (Å²) in [6.07, 6.45) is 3.53. The molecule has 48 valence electrons. The maximum atomic E-state index is 5.28. The molecule has 2 heteroatoms. The maximum absolute atomic E-state index is 5.28. The summed E-state index contributed by atoms with van der Waals surface area (Å²) in [6, 6.07) is 0. The van der Waals surface area contributed by atoms with Gasteiger partial charge in [-0.2, -0.15) is 0 Å². The number of epoxide rings is 1. The van der Waals surface area contributed by atoms with Crippen molar-refractivity contribution in [3.05, 3.63) is 0 Å². The number of ether oxygens (including phenoxy) is 1. The zero-order chi connectivity index (χ0) is 5.98. The predicted octanol–water partition coefficient (Wildman–Crippen LogP) is 1.95. The Hall–Kier alpha value is 0.440. The minimum absolute atomic E-state index is 0.583. The lowest BCUT2D eigenvalue weighted by atomic mass is 10.2. The Kier molecular flexibility index (Phi) is 2.32. The first-order valence-electron chi connectivity index (χ1n) is 3.10. The molecule has 0 aromatic carbocycles. The first kappa shape index (κ1) is 6.56. The largest absolute Gasteiger partial charge is 0.370 e. The fourth-order valence-electron chi connectivity index (χ4n) is 0.900. The van der Waals surface area contributed by atoms with Gasteiger partial charge in [-0.05, 0) is 12.8 Å². The van der Waals surface area contributed by atoms with Gasteiger partial charge in [-0.1, -0.05) is 22.9 Å². The Bertz CT molecular complexity index is 74.9. The number of hydrogen-bond donors (Lipinski definition) is 0. The summed E-state index contributed by atoms with van der Waals surface area (Å²) in [6.45, 7) is 2.17. The van der Waals surface area contributed by atoms with Crippen LogP contribution in [0.1, 0.15) is 19.8 Å². The highest BCUT2D eigenvalue weighted by Crippen LogP contribution is 2.27. The molecule has 1 saturated heterocycles. The first-order chi connectivity index (χ1) is 3.88. The molecule has 0 N–H and O–H groups in total. The molecule has 1 aliphatic rings. The quantitative estimate of drug-likeness (QED) is 0.476. The zero-order valence-corrected chi connectivity index (χ0v) is 6.65. The molecule has 0 radical (unpaired) electrons. The van der Waals surface area contributed by atoms with Crippen molar-refractivity contribution in [1.29, 1.82) is 0 Å². The third-order valence-electron chi connectivity index (χ3n) is 1.48. The van der Waals surface area contributed by atoms with Gasteiger partial charge < -0.3 is 4.74 Å². The molecular formula is C6H11BrO. The standard InChI is InChI=1S/C6H11BrO/c1-2-5-6(8-5)3-4-7/h5-6H,2-4H2,1H3/t5-,6-/m0/s1. The zero-order valence-electron chi connectivity index (χ0n) is 5.06. The van der Waals surface area contributed by atoms with Crippen molar-refractivity contribution in [2.24, 2.45) is 0 Å². The van der Waals surface area contributed by atoms with Crippen LogP contribution in [0, 0.1) is 0 Å². The van der Waals surface area contributed by atoms with Crippen molar-refractivity contribution < 1.29 is 4.74 Å². The van der Waals surface area contributed by atoms with E-state index in [2.05, 4.69) is 22.9 Å². The van der Waals surface area contributed by atoms with E-state index in [-0.39, 0.29) is 0 Å². The topological polar surface area (TPSA) is 12.5 Å². The van der Waals surface area contributed by atoms with Crippen LogP contribution in [0.25, 0.3) is 0 Å². The van der Waals surface area contributed by atoms with Crippen LogP contribution in [0.5, 0.6) is 0 Å². The minimum atomic E-state index is 0.583. The first-order valence-corrected chi connectivity index (χ1v) is 4.22. The molecule has 2 atom stereocenters. The molecule has 8 heavy (non-hydrogen) atoms. The van der Waals surface area contributed by atoms with E-state index in [1.807, 2.05) is 0 Å². The van der Waals surface area contributed by atoms with Crippen molar-refractivity contribution >= 4 is 15.9 Å². The van der Waals surface area contributed by atoms with Crippen LogP contribution in [0.2, 0.25) is 0 Å². The Morgan fingerprint density at radius 1 is 1.50 bits per heavy atom. The molecule has 0 saturated carbocycles. The fourth-order valence-corrected chi connectivity index (χ4v) is 1.35. The molecule has 0 spiro atoms. The summed E-state index contributed by atoms with van der Waals surface area (Å²) in [7, 11) is 0. The number of rotatable bonds is 3. The van der Waals surface area contributed by atoms with Gasteiger partial charge in [0.1, 0.15) is 0 Å². The minimum Gasteiger partial charge on any atom is -0.370 e. The monoisotopic (exact) mass is 178 g/mol. The van der Waals surface area contributed by atoms with Crippen LogP contribution >= 0.6 is 15.9 Å². The average molecular weight is 179 g/mol. The number of hydrogen-bond acceptors (Lipinski definition) is 1. The van der Waals surface area contributed by atoms with E-state index < -0.39 is 0 Å². The van der Waals surface area contributed by atoms with Crippen LogP contribution in [0.3, 0.4) is 0 Å². The SMILES string of the molecule is CC[C@@H]1O[C@H]1CCBr. The molecule has 0 amide bonds. The van der Waals surface area contributed by atoms with Crippen molar-refractivity contribution in [2.75, 3.05) is 5.33 Å². The van der Waals surface area contributed by atoms with Gasteiger partial charge in [0.25, 0.3) is 0 Å². The molecule has 1 aliphatic heterocycles. The van der Waals surface area contributed by atoms with E-state index >= 15 is 0 Å². The Balaban J connectivity index is 1.99. The molecule has 1 heterocycles. The van der Waals surface area contributed by atoms with Crippen molar-refractivity contribution in [2.45, 2.75) is 32.0 Å². The van der Waals surface area contributed by atoms with Gasteiger partial charge >= 0.3 is 0 Å². The molecular weight excluding hydrogens is 168 g/mol. The molecule has 0 aromatic rings. The van der Waals surface area contributed by atoms with Crippen molar-refractivity contribution in [1.82, 2.24) is 0 Å². The second-order valence-electron chi connectivity index (χ2n) is 2.10. The molecule has 0 aromatic heterocycles. The second-order valence-corrected chi connectivity index (χ2v) is 2.89. The van der Waals surface area contributed by atoms with Gasteiger partial charge in [0.05, 0.1) is 12.2 Å². The Morgan fingerprint density at radius 3 is 2.62 bits per heavy atom. The molecule has 0 bridgehead atoms. The molecule has 0 unspecified atom stereocenters. The highest BCUT2D eigenvalue weighted by atomic mass is 79.9. The van der Waals surface area contributed by atoms with Crippen LogP contribution in [0.4, 0.5) is 0 Å². The lowest BCUT2D eigenvalue weighted by Gasteiger charge is -1.83. The fraction of sp³-hybridized carbons (Fsp3) is 1.00. The second kappa shape index (κ2) is 2.83. The van der Waals surface area contributed by atoms with Gasteiger partial charge in [-0.15, -0.1) is 0 Å². The van der Waals surface area contributed by atoms with Crippen LogP contribution in [-0.4, -0.2) is 17.5 Å². The highest BCUT2D eigenvalue weighted by molar-refractivity contribution is 9.09. The van der Waals surface area contributed by atoms with Crippen LogP contribution in [-0.2, 0) is 4.74 Å². The van der Waals surface area contributed by atoms with Gasteiger partial charge in [0.15, 0.2) is 0 Å². The predicted molar refractivity (Wildman–Crippen MR) is 37.4 cm³/mol. The van der Waals surface area contributed by atoms with Gasteiger partial charge in [-0.3, -0.25) is 0 Å². The smallest absolute Gasteiger partial charge is 0.0849 e. The molecule has 1 nitrogen and oxygen atoms in total. The third-order valence-corrected chi connectivity index (χ3v) is 1.94. The molecule has 1 rings (SSSR count). The summed E-state index contributed by atoms with van der Waals surface area (Å²) >= 11 is 3.37. The van der Waals surface area contributed by atoms with E-state index in [4.69, 9.17) is 4.74 Å². The number of halogens is 1. The Morgan fingerprint density at radius 2 is 2.25 bits per heavy atom. The number of alkyl halides is 1. The molecule has 0 aliphatic carbocycles. The Labute approximate surface area is 58.5 Å². The van der Waals surface area contributed by atoms with Gasteiger partial charge in [0, 0.05) is 5.33 Å². The molecule has 1 fully saturated rings. The summed E-state index contributed by atoms with van der Waals surface area (Å²) < 4.78 is 5.28.